The van der Waals surface area contributed by atoms with Gasteiger partial charge in [-0.05, 0) is 25.6 Å². The smallest absolute Gasteiger partial charge is 0.180 e. The molecule has 1 heterocycles. The molecule has 112 valence electrons. The molecule has 0 atom stereocenters. The van der Waals surface area contributed by atoms with Gasteiger partial charge in [0.2, 0.25) is 0 Å². The van der Waals surface area contributed by atoms with Crippen LogP contribution >= 0.6 is 0 Å². The average Bonchev–Trinajstić information content (AvgIpc) is 2.42. The second-order valence-electron chi connectivity index (χ2n) is 5.22. The van der Waals surface area contributed by atoms with Gasteiger partial charge in [-0.1, -0.05) is 19.1 Å². The summed E-state index contributed by atoms with van der Waals surface area (Å²) in [6, 6.07) is 7.16. The number of nitrogens with zero attached hydrogens (tertiary/aromatic N) is 2. The Morgan fingerprint density at radius 3 is 2.45 bits per heavy atom. The highest BCUT2D eigenvalue weighted by Crippen LogP contribution is 2.23. The van der Waals surface area contributed by atoms with Crippen molar-refractivity contribution < 1.29 is 8.42 Å². The molecular formula is C14H23N3O2S. The summed E-state index contributed by atoms with van der Waals surface area (Å²) in [5.74, 6) is 0.189. The molecule has 0 radical (unpaired) electrons. The lowest BCUT2D eigenvalue weighted by molar-refractivity contribution is 0.178. The zero-order valence-electron chi connectivity index (χ0n) is 12.2. The van der Waals surface area contributed by atoms with E-state index in [2.05, 4.69) is 22.4 Å². The number of nitrogens with one attached hydrogen (secondary N) is 1. The molecule has 1 aliphatic heterocycles. The molecule has 0 amide bonds. The SMILES string of the molecule is CCCS(=O)(=O)c1ccccc1NN1CCN(C)CC1. The van der Waals surface area contributed by atoms with E-state index in [1.54, 1.807) is 12.1 Å². The predicted molar refractivity (Wildman–Crippen MR) is 81.5 cm³/mol. The third-order valence-electron chi connectivity index (χ3n) is 3.48. The molecule has 0 bridgehead atoms. The third-order valence-corrected chi connectivity index (χ3v) is 5.45. The molecule has 20 heavy (non-hydrogen) atoms. The van der Waals surface area contributed by atoms with Gasteiger partial charge in [0.1, 0.15) is 0 Å². The number of sulfone groups is 1. The van der Waals surface area contributed by atoms with Crippen LogP contribution in [0.2, 0.25) is 0 Å². The maximum absolute atomic E-state index is 12.3. The van der Waals surface area contributed by atoms with Crippen molar-refractivity contribution in [1.29, 1.82) is 0 Å². The lowest BCUT2D eigenvalue weighted by Gasteiger charge is -2.33. The number of likely N-dealkylation sites (N-methyl/N-ethyl adjacent to an activating group) is 1. The average molecular weight is 297 g/mol. The number of para-hydroxylation sites is 1. The predicted octanol–water partition coefficient (Wildman–Crippen LogP) is 1.44. The molecule has 0 aromatic heterocycles. The van der Waals surface area contributed by atoms with E-state index in [4.69, 9.17) is 0 Å². The van der Waals surface area contributed by atoms with Crippen LogP contribution in [-0.2, 0) is 9.84 Å². The highest BCUT2D eigenvalue weighted by molar-refractivity contribution is 7.91. The van der Waals surface area contributed by atoms with Gasteiger partial charge < -0.3 is 10.3 Å². The van der Waals surface area contributed by atoms with E-state index >= 15 is 0 Å². The number of rotatable bonds is 5. The summed E-state index contributed by atoms with van der Waals surface area (Å²) in [6.07, 6.45) is 0.630. The molecule has 5 nitrogen and oxygen atoms in total. The zero-order valence-corrected chi connectivity index (χ0v) is 13.0. The van der Waals surface area contributed by atoms with E-state index in [0.29, 0.717) is 17.0 Å². The van der Waals surface area contributed by atoms with Gasteiger partial charge >= 0.3 is 0 Å². The molecule has 1 fully saturated rings. The first-order chi connectivity index (χ1) is 9.53. The normalized spacial score (nSPS) is 18.1. The van der Waals surface area contributed by atoms with Gasteiger partial charge in [-0.3, -0.25) is 0 Å². The number of piperazine rings is 1. The molecular weight excluding hydrogens is 274 g/mol. The van der Waals surface area contributed by atoms with E-state index in [9.17, 15) is 8.42 Å². The van der Waals surface area contributed by atoms with Crippen LogP contribution in [0.3, 0.4) is 0 Å². The van der Waals surface area contributed by atoms with Crippen LogP contribution in [0.4, 0.5) is 5.69 Å². The second-order valence-corrected chi connectivity index (χ2v) is 7.29. The molecule has 0 spiro atoms. The summed E-state index contributed by atoms with van der Waals surface area (Å²) >= 11 is 0. The molecule has 1 aliphatic rings. The molecule has 0 unspecified atom stereocenters. The summed E-state index contributed by atoms with van der Waals surface area (Å²) < 4.78 is 24.6. The largest absolute Gasteiger partial charge is 0.317 e. The Hall–Kier alpha value is -1.11. The lowest BCUT2D eigenvalue weighted by Crippen LogP contribution is -2.47. The third kappa shape index (κ3) is 3.71. The first-order valence-electron chi connectivity index (χ1n) is 7.05. The minimum Gasteiger partial charge on any atom is -0.317 e. The lowest BCUT2D eigenvalue weighted by atomic mass is 10.3. The standard InChI is InChI=1S/C14H23N3O2S/c1-3-12-20(18,19)14-7-5-4-6-13(14)15-17-10-8-16(2)9-11-17/h4-7,15H,3,8-12H2,1-2H3. The van der Waals surface area contributed by atoms with E-state index in [-0.39, 0.29) is 5.75 Å². The van der Waals surface area contributed by atoms with Crippen LogP contribution in [0.5, 0.6) is 0 Å². The zero-order chi connectivity index (χ0) is 14.6. The molecule has 2 rings (SSSR count). The number of anilines is 1. The van der Waals surface area contributed by atoms with Gasteiger partial charge in [0, 0.05) is 26.2 Å². The molecule has 0 saturated carbocycles. The van der Waals surface area contributed by atoms with Crippen LogP contribution in [0.25, 0.3) is 0 Å². The summed E-state index contributed by atoms with van der Waals surface area (Å²) in [5.41, 5.74) is 3.95. The minimum absolute atomic E-state index is 0.189. The molecule has 6 heteroatoms. The van der Waals surface area contributed by atoms with Crippen LogP contribution < -0.4 is 5.43 Å². The summed E-state index contributed by atoms with van der Waals surface area (Å²) in [5, 5.41) is 2.08. The number of hydrogen-bond acceptors (Lipinski definition) is 5. The van der Waals surface area contributed by atoms with Crippen molar-refractivity contribution in [2.45, 2.75) is 18.2 Å². The Morgan fingerprint density at radius 1 is 1.15 bits per heavy atom. The summed E-state index contributed by atoms with van der Waals surface area (Å²) in [4.78, 5) is 2.67. The molecule has 1 aromatic rings. The minimum atomic E-state index is -3.20. The fourth-order valence-electron chi connectivity index (χ4n) is 2.30. The monoisotopic (exact) mass is 297 g/mol. The quantitative estimate of drug-likeness (QED) is 0.891. The summed E-state index contributed by atoms with van der Waals surface area (Å²) in [7, 11) is -1.11. The van der Waals surface area contributed by atoms with Crippen molar-refractivity contribution in [1.82, 2.24) is 9.91 Å². The number of benzene rings is 1. The highest BCUT2D eigenvalue weighted by Gasteiger charge is 2.20. The van der Waals surface area contributed by atoms with Crippen molar-refractivity contribution in [3.05, 3.63) is 24.3 Å². The van der Waals surface area contributed by atoms with Crippen molar-refractivity contribution in [2.75, 3.05) is 44.4 Å². The fraction of sp³-hybridized carbons (Fsp3) is 0.571. The van der Waals surface area contributed by atoms with Crippen LogP contribution in [-0.4, -0.2) is 57.3 Å². The van der Waals surface area contributed by atoms with E-state index in [1.165, 1.54) is 0 Å². The first kappa shape index (κ1) is 15.3. The summed E-state index contributed by atoms with van der Waals surface area (Å²) in [6.45, 7) is 5.62. The molecule has 1 N–H and O–H groups in total. The molecule has 1 aromatic carbocycles. The van der Waals surface area contributed by atoms with Crippen LogP contribution in [0.15, 0.2) is 29.2 Å². The Balaban J connectivity index is 2.16. The van der Waals surface area contributed by atoms with E-state index in [1.807, 2.05) is 19.1 Å². The Bertz CT molecular complexity index is 537. The maximum Gasteiger partial charge on any atom is 0.180 e. The Morgan fingerprint density at radius 2 is 1.80 bits per heavy atom. The van der Waals surface area contributed by atoms with Gasteiger partial charge in [-0.15, -0.1) is 0 Å². The van der Waals surface area contributed by atoms with Gasteiger partial charge in [-0.25, -0.2) is 13.4 Å². The molecule has 0 aliphatic carbocycles. The van der Waals surface area contributed by atoms with Gasteiger partial charge in [0.15, 0.2) is 9.84 Å². The second kappa shape index (κ2) is 6.56. The number of hydrogen-bond donors (Lipinski definition) is 1. The Kier molecular flexibility index (Phi) is 5.01. The van der Waals surface area contributed by atoms with E-state index in [0.717, 1.165) is 26.2 Å². The topological polar surface area (TPSA) is 52.7 Å². The van der Waals surface area contributed by atoms with Crippen molar-refractivity contribution in [3.8, 4) is 0 Å². The van der Waals surface area contributed by atoms with Crippen LogP contribution in [0.1, 0.15) is 13.3 Å². The molecule has 1 saturated heterocycles. The fourth-order valence-corrected chi connectivity index (χ4v) is 3.79. The van der Waals surface area contributed by atoms with Crippen molar-refractivity contribution in [3.63, 3.8) is 0 Å². The van der Waals surface area contributed by atoms with Crippen LogP contribution in [0, 0.1) is 0 Å². The number of hydrazine groups is 1. The van der Waals surface area contributed by atoms with Gasteiger partial charge in [-0.2, -0.15) is 0 Å². The van der Waals surface area contributed by atoms with E-state index < -0.39 is 9.84 Å². The van der Waals surface area contributed by atoms with Gasteiger partial charge in [0.05, 0.1) is 16.3 Å². The van der Waals surface area contributed by atoms with Crippen molar-refractivity contribution >= 4 is 15.5 Å². The van der Waals surface area contributed by atoms with Crippen molar-refractivity contribution in [2.24, 2.45) is 0 Å². The Labute approximate surface area is 121 Å². The first-order valence-corrected chi connectivity index (χ1v) is 8.70. The van der Waals surface area contributed by atoms with Gasteiger partial charge in [0.25, 0.3) is 0 Å². The maximum atomic E-state index is 12.3. The highest BCUT2D eigenvalue weighted by atomic mass is 32.2.